The highest BCUT2D eigenvalue weighted by atomic mass is 79.9. The Kier molecular flexibility index (Phi) is 7.26. The number of para-hydroxylation sites is 1. The van der Waals surface area contributed by atoms with Gasteiger partial charge in [0.2, 0.25) is 5.91 Å². The van der Waals surface area contributed by atoms with Crippen molar-refractivity contribution in [3.63, 3.8) is 0 Å². The van der Waals surface area contributed by atoms with Gasteiger partial charge in [-0.25, -0.2) is 9.97 Å². The van der Waals surface area contributed by atoms with Crippen molar-refractivity contribution in [2.45, 2.75) is 26.1 Å². The number of hydrogen-bond acceptors (Lipinski definition) is 6. The third-order valence-electron chi connectivity index (χ3n) is 5.45. The normalized spacial score (nSPS) is 15.8. The van der Waals surface area contributed by atoms with Crippen molar-refractivity contribution in [2.75, 3.05) is 43.0 Å². The maximum absolute atomic E-state index is 12.9. The van der Waals surface area contributed by atoms with Crippen LogP contribution in [0, 0.1) is 0 Å². The van der Waals surface area contributed by atoms with E-state index in [4.69, 9.17) is 0 Å². The van der Waals surface area contributed by atoms with Gasteiger partial charge in [-0.05, 0) is 40.8 Å². The van der Waals surface area contributed by atoms with E-state index in [0.29, 0.717) is 6.42 Å². The van der Waals surface area contributed by atoms with E-state index in [-0.39, 0.29) is 11.8 Å². The lowest BCUT2D eigenvalue weighted by Gasteiger charge is -2.37. The molecule has 7 nitrogen and oxygen atoms in total. The van der Waals surface area contributed by atoms with E-state index in [1.807, 2.05) is 42.1 Å². The van der Waals surface area contributed by atoms with E-state index in [2.05, 4.69) is 30.8 Å². The molecular formula is C20H27BBrN5O2. The van der Waals surface area contributed by atoms with Crippen LogP contribution < -0.4 is 9.80 Å². The molecule has 1 N–H and O–H groups in total. The zero-order valence-electron chi connectivity index (χ0n) is 17.1. The fourth-order valence-corrected chi connectivity index (χ4v) is 4.30. The molecule has 1 aromatic heterocycles. The van der Waals surface area contributed by atoms with Crippen LogP contribution in [0.5, 0.6) is 0 Å². The molecule has 1 aliphatic heterocycles. The summed E-state index contributed by atoms with van der Waals surface area (Å²) in [6.07, 6.45) is 1.91. The molecule has 29 heavy (non-hydrogen) atoms. The Balaban J connectivity index is 1.75. The van der Waals surface area contributed by atoms with Crippen LogP contribution in [-0.2, 0) is 4.79 Å². The highest BCUT2D eigenvalue weighted by Crippen LogP contribution is 2.34. The minimum Gasteiger partial charge on any atom is -0.437 e. The van der Waals surface area contributed by atoms with Crippen molar-refractivity contribution in [3.8, 4) is 0 Å². The molecule has 3 rings (SSSR count). The Labute approximate surface area is 181 Å². The number of rotatable bonds is 6. The van der Waals surface area contributed by atoms with Crippen LogP contribution in [0.3, 0.4) is 0 Å². The van der Waals surface area contributed by atoms with Crippen molar-refractivity contribution in [3.05, 3.63) is 46.8 Å². The minimum atomic E-state index is -0.446. The number of halogens is 1. The second-order valence-corrected chi connectivity index (χ2v) is 8.20. The Hall–Kier alpha value is -1.97. The van der Waals surface area contributed by atoms with Crippen LogP contribution in [0.2, 0.25) is 6.82 Å². The molecule has 1 aromatic carbocycles. The van der Waals surface area contributed by atoms with E-state index < -0.39 is 7.05 Å². The molecule has 0 unspecified atom stereocenters. The molecule has 9 heteroatoms. The third-order valence-corrected chi connectivity index (χ3v) is 6.08. The van der Waals surface area contributed by atoms with Gasteiger partial charge >= 0.3 is 7.05 Å². The lowest BCUT2D eigenvalue weighted by molar-refractivity contribution is -0.118. The SMILES string of the molecule is CB(O)N1CCN(c2ncnc(Br)c2[C@H](C)CC(=O)N(C)c2ccccc2)CC1. The first kappa shape index (κ1) is 21.7. The second kappa shape index (κ2) is 9.69. The number of carbonyl (C=O) groups is 1. The van der Waals surface area contributed by atoms with Gasteiger partial charge in [0.05, 0.1) is 0 Å². The summed E-state index contributed by atoms with van der Waals surface area (Å²) in [4.78, 5) is 27.7. The lowest BCUT2D eigenvalue weighted by Crippen LogP contribution is -2.52. The third kappa shape index (κ3) is 5.15. The molecule has 1 atom stereocenters. The van der Waals surface area contributed by atoms with Gasteiger partial charge in [0.1, 0.15) is 16.7 Å². The van der Waals surface area contributed by atoms with Crippen LogP contribution in [0.15, 0.2) is 41.3 Å². The quantitative estimate of drug-likeness (QED) is 0.528. The van der Waals surface area contributed by atoms with Crippen molar-refractivity contribution < 1.29 is 9.82 Å². The van der Waals surface area contributed by atoms with Crippen LogP contribution in [-0.4, -0.2) is 66.0 Å². The topological polar surface area (TPSA) is 72.8 Å². The highest BCUT2D eigenvalue weighted by molar-refractivity contribution is 9.10. The molecule has 1 saturated heterocycles. The van der Waals surface area contributed by atoms with Gasteiger partial charge in [0.25, 0.3) is 0 Å². The van der Waals surface area contributed by atoms with E-state index in [0.717, 1.165) is 47.9 Å². The van der Waals surface area contributed by atoms with Gasteiger partial charge in [0.15, 0.2) is 0 Å². The van der Waals surface area contributed by atoms with Gasteiger partial charge in [-0.3, -0.25) is 4.79 Å². The smallest absolute Gasteiger partial charge is 0.376 e. The number of amides is 1. The summed E-state index contributed by atoms with van der Waals surface area (Å²) in [6.45, 7) is 6.90. The summed E-state index contributed by atoms with van der Waals surface area (Å²) in [5.74, 6) is 0.859. The van der Waals surface area contributed by atoms with E-state index in [9.17, 15) is 9.82 Å². The fourth-order valence-electron chi connectivity index (χ4n) is 3.65. The van der Waals surface area contributed by atoms with Crippen molar-refractivity contribution in [1.29, 1.82) is 0 Å². The monoisotopic (exact) mass is 459 g/mol. The molecule has 1 amide bonds. The number of hydrogen-bond donors (Lipinski definition) is 1. The van der Waals surface area contributed by atoms with E-state index in [1.165, 1.54) is 0 Å². The number of nitrogens with zero attached hydrogens (tertiary/aromatic N) is 5. The van der Waals surface area contributed by atoms with Crippen molar-refractivity contribution >= 4 is 40.4 Å². The van der Waals surface area contributed by atoms with Crippen molar-refractivity contribution in [1.82, 2.24) is 14.8 Å². The summed E-state index contributed by atoms with van der Waals surface area (Å²) >= 11 is 3.57. The van der Waals surface area contributed by atoms with Gasteiger partial charge < -0.3 is 19.6 Å². The molecule has 0 bridgehead atoms. The Morgan fingerprint density at radius 2 is 1.90 bits per heavy atom. The average molecular weight is 460 g/mol. The Morgan fingerprint density at radius 3 is 2.52 bits per heavy atom. The molecule has 2 aromatic rings. The largest absolute Gasteiger partial charge is 0.437 e. The predicted octanol–water partition coefficient (Wildman–Crippen LogP) is 2.63. The van der Waals surface area contributed by atoms with Gasteiger partial charge in [-0.2, -0.15) is 0 Å². The zero-order valence-corrected chi connectivity index (χ0v) is 18.7. The summed E-state index contributed by atoms with van der Waals surface area (Å²) < 4.78 is 0.725. The standard InChI is InChI=1S/C20H27BBrN5O2/c1-15(13-17(28)25(3)16-7-5-4-6-8-16)18-19(22)23-14-24-20(18)26-9-11-27(12-10-26)21(2)29/h4-8,14-15,29H,9-13H2,1-3H3/t15-/m1/s1. The maximum Gasteiger partial charge on any atom is 0.376 e. The molecule has 0 radical (unpaired) electrons. The molecular weight excluding hydrogens is 433 g/mol. The zero-order chi connectivity index (χ0) is 21.0. The van der Waals surface area contributed by atoms with E-state index in [1.54, 1.807) is 25.1 Å². The Bertz CT molecular complexity index is 831. The van der Waals surface area contributed by atoms with Crippen LogP contribution >= 0.6 is 15.9 Å². The second-order valence-electron chi connectivity index (χ2n) is 7.45. The van der Waals surface area contributed by atoms with Gasteiger partial charge in [-0.15, -0.1) is 0 Å². The van der Waals surface area contributed by atoms with Gasteiger partial charge in [-0.1, -0.05) is 25.1 Å². The lowest BCUT2D eigenvalue weighted by atomic mass is 9.84. The fraction of sp³-hybridized carbons (Fsp3) is 0.450. The number of piperazine rings is 1. The van der Waals surface area contributed by atoms with Crippen LogP contribution in [0.25, 0.3) is 0 Å². The number of aromatic nitrogens is 2. The molecule has 2 heterocycles. The van der Waals surface area contributed by atoms with Gasteiger partial charge in [0, 0.05) is 50.9 Å². The van der Waals surface area contributed by atoms with Crippen LogP contribution in [0.1, 0.15) is 24.8 Å². The molecule has 1 aliphatic rings. The maximum atomic E-state index is 12.9. The highest BCUT2D eigenvalue weighted by Gasteiger charge is 2.28. The number of carbonyl (C=O) groups excluding carboxylic acids is 1. The van der Waals surface area contributed by atoms with Crippen molar-refractivity contribution in [2.24, 2.45) is 0 Å². The molecule has 0 spiro atoms. The predicted molar refractivity (Wildman–Crippen MR) is 120 cm³/mol. The molecule has 154 valence electrons. The summed E-state index contributed by atoms with van der Waals surface area (Å²) in [6, 6.07) is 9.64. The molecule has 0 saturated carbocycles. The number of anilines is 2. The summed E-state index contributed by atoms with van der Waals surface area (Å²) in [7, 11) is 1.36. The summed E-state index contributed by atoms with van der Waals surface area (Å²) in [5.41, 5.74) is 1.83. The first-order valence-corrected chi connectivity index (χ1v) is 10.7. The molecule has 0 aliphatic carbocycles. The molecule has 1 fully saturated rings. The number of benzene rings is 1. The summed E-state index contributed by atoms with van der Waals surface area (Å²) in [5, 5.41) is 9.80. The first-order chi connectivity index (χ1) is 13.9. The van der Waals surface area contributed by atoms with Crippen LogP contribution in [0.4, 0.5) is 11.5 Å². The first-order valence-electron chi connectivity index (χ1n) is 9.87. The minimum absolute atomic E-state index is 0.0457. The average Bonchev–Trinajstić information content (AvgIpc) is 2.73. The Morgan fingerprint density at radius 1 is 1.24 bits per heavy atom. The van der Waals surface area contributed by atoms with E-state index >= 15 is 0 Å².